The third kappa shape index (κ3) is 1.91. The molecule has 2 nitrogen and oxygen atoms in total. The quantitative estimate of drug-likeness (QED) is 0.623. The molecule has 13 heavy (non-hydrogen) atoms. The summed E-state index contributed by atoms with van der Waals surface area (Å²) in [5.74, 6) is -1.80. The maximum atomic E-state index is 12.0. The number of Topliss-reactive ketones (excluding diaryl/α,β-unsaturated/α-hetero) is 1. The van der Waals surface area contributed by atoms with E-state index >= 15 is 0 Å². The van der Waals surface area contributed by atoms with E-state index in [2.05, 4.69) is 0 Å². The molecule has 1 rings (SSSR count). The highest BCUT2D eigenvalue weighted by Crippen LogP contribution is 2.22. The Labute approximate surface area is 73.0 Å². The summed E-state index contributed by atoms with van der Waals surface area (Å²) in [6, 6.07) is 1.22. The van der Waals surface area contributed by atoms with E-state index in [-0.39, 0.29) is 5.69 Å². The van der Waals surface area contributed by atoms with E-state index in [1.165, 1.54) is 23.9 Å². The lowest BCUT2D eigenvalue weighted by Gasteiger charge is -2.04. The molecule has 0 saturated heterocycles. The lowest BCUT2D eigenvalue weighted by atomic mass is 10.2. The molecule has 0 fully saturated rings. The number of carbonyl (C=O) groups excluding carboxylic acids is 1. The number of halogens is 3. The topological polar surface area (TPSA) is 22.0 Å². The van der Waals surface area contributed by atoms with E-state index < -0.39 is 12.0 Å². The zero-order valence-electron chi connectivity index (χ0n) is 7.14. The van der Waals surface area contributed by atoms with Gasteiger partial charge in [0.25, 0.3) is 5.78 Å². The monoisotopic (exact) mass is 191 g/mol. The normalized spacial score (nSPS) is 11.8. The van der Waals surface area contributed by atoms with E-state index in [9.17, 15) is 18.0 Å². The summed E-state index contributed by atoms with van der Waals surface area (Å²) < 4.78 is 37.1. The van der Waals surface area contributed by atoms with Gasteiger partial charge in [-0.05, 0) is 18.6 Å². The first-order valence-corrected chi connectivity index (χ1v) is 3.57. The van der Waals surface area contributed by atoms with Crippen molar-refractivity contribution in [3.63, 3.8) is 0 Å². The second kappa shape index (κ2) is 2.90. The minimum Gasteiger partial charge on any atom is -0.348 e. The molecule has 1 aromatic heterocycles. The first-order chi connectivity index (χ1) is 5.82. The minimum absolute atomic E-state index is 0.329. The van der Waals surface area contributed by atoms with Gasteiger partial charge in [0.2, 0.25) is 0 Å². The van der Waals surface area contributed by atoms with Crippen LogP contribution in [0.3, 0.4) is 0 Å². The predicted octanol–water partition coefficient (Wildman–Crippen LogP) is 2.08. The Kier molecular flexibility index (Phi) is 2.19. The lowest BCUT2D eigenvalue weighted by Crippen LogP contribution is -2.24. The molecular formula is C8H8F3NO. The van der Waals surface area contributed by atoms with Crippen LogP contribution in [-0.2, 0) is 7.05 Å². The first-order valence-electron chi connectivity index (χ1n) is 3.57. The molecule has 0 atom stereocenters. The maximum absolute atomic E-state index is 12.0. The van der Waals surface area contributed by atoms with Crippen molar-refractivity contribution >= 4 is 5.78 Å². The maximum Gasteiger partial charge on any atom is 0.456 e. The van der Waals surface area contributed by atoms with E-state index in [0.717, 1.165) is 0 Å². The van der Waals surface area contributed by atoms with Gasteiger partial charge in [-0.3, -0.25) is 4.79 Å². The minimum atomic E-state index is -4.79. The predicted molar refractivity (Wildman–Crippen MR) is 40.5 cm³/mol. The summed E-state index contributed by atoms with van der Waals surface area (Å²) in [4.78, 5) is 10.8. The molecule has 0 N–H and O–H groups in total. The highest BCUT2D eigenvalue weighted by atomic mass is 19.4. The highest BCUT2D eigenvalue weighted by Gasteiger charge is 2.40. The Balaban J connectivity index is 3.09. The Bertz CT molecular complexity index is 338. The first kappa shape index (κ1) is 9.83. The molecule has 0 aliphatic rings. The van der Waals surface area contributed by atoms with E-state index in [1.54, 1.807) is 6.92 Å². The van der Waals surface area contributed by atoms with Crippen LogP contribution in [0.15, 0.2) is 12.3 Å². The molecule has 0 radical (unpaired) electrons. The van der Waals surface area contributed by atoms with Crippen molar-refractivity contribution in [3.05, 3.63) is 23.5 Å². The number of hydrogen-bond donors (Lipinski definition) is 0. The van der Waals surface area contributed by atoms with Gasteiger partial charge in [-0.2, -0.15) is 13.2 Å². The van der Waals surface area contributed by atoms with Gasteiger partial charge in [0.15, 0.2) is 0 Å². The van der Waals surface area contributed by atoms with E-state index in [1.807, 2.05) is 0 Å². The van der Waals surface area contributed by atoms with Gasteiger partial charge in [0, 0.05) is 13.2 Å². The fourth-order valence-electron chi connectivity index (χ4n) is 1.10. The molecule has 1 aromatic rings. The number of carbonyl (C=O) groups is 1. The fourth-order valence-corrected chi connectivity index (χ4v) is 1.10. The van der Waals surface area contributed by atoms with Gasteiger partial charge < -0.3 is 4.57 Å². The van der Waals surface area contributed by atoms with Crippen LogP contribution < -0.4 is 0 Å². The summed E-state index contributed by atoms with van der Waals surface area (Å²) in [5, 5.41) is 0. The third-order valence-corrected chi connectivity index (χ3v) is 1.63. The van der Waals surface area contributed by atoms with Crippen molar-refractivity contribution in [2.45, 2.75) is 13.1 Å². The molecule has 5 heteroatoms. The zero-order valence-corrected chi connectivity index (χ0v) is 7.14. The number of nitrogens with zero attached hydrogens (tertiary/aromatic N) is 1. The van der Waals surface area contributed by atoms with Crippen molar-refractivity contribution in [3.8, 4) is 0 Å². The number of rotatable bonds is 1. The van der Waals surface area contributed by atoms with Crippen LogP contribution in [-0.4, -0.2) is 16.5 Å². The van der Waals surface area contributed by atoms with E-state index in [4.69, 9.17) is 0 Å². The summed E-state index contributed by atoms with van der Waals surface area (Å²) in [7, 11) is 1.41. The molecule has 0 aliphatic carbocycles. The smallest absolute Gasteiger partial charge is 0.348 e. The molecule has 0 spiro atoms. The van der Waals surface area contributed by atoms with Gasteiger partial charge in [0.05, 0.1) is 5.69 Å². The van der Waals surface area contributed by atoms with Gasteiger partial charge in [-0.25, -0.2) is 0 Å². The molecule has 0 amide bonds. The van der Waals surface area contributed by atoms with Gasteiger partial charge in [-0.1, -0.05) is 0 Å². The molecule has 0 aliphatic heterocycles. The second-order valence-corrected chi connectivity index (χ2v) is 2.84. The molecule has 1 heterocycles. The van der Waals surface area contributed by atoms with Crippen molar-refractivity contribution < 1.29 is 18.0 Å². The number of alkyl halides is 3. The summed E-state index contributed by atoms with van der Waals surface area (Å²) in [6.07, 6.45) is -3.32. The number of hydrogen-bond acceptors (Lipinski definition) is 1. The number of ketones is 1. The van der Waals surface area contributed by atoms with Crippen LogP contribution in [0.5, 0.6) is 0 Å². The Morgan fingerprint density at radius 3 is 2.31 bits per heavy atom. The molecule has 0 unspecified atom stereocenters. The van der Waals surface area contributed by atoms with Crippen LogP contribution in [0.4, 0.5) is 13.2 Å². The largest absolute Gasteiger partial charge is 0.456 e. The van der Waals surface area contributed by atoms with Crippen molar-refractivity contribution in [2.24, 2.45) is 7.05 Å². The average molecular weight is 191 g/mol. The number of aryl methyl sites for hydroxylation is 2. The zero-order chi connectivity index (χ0) is 10.2. The van der Waals surface area contributed by atoms with Crippen molar-refractivity contribution in [1.29, 1.82) is 0 Å². The van der Waals surface area contributed by atoms with Crippen LogP contribution in [0.1, 0.15) is 16.1 Å². The molecule has 0 bridgehead atoms. The number of aromatic nitrogens is 1. The summed E-state index contributed by atoms with van der Waals surface area (Å²) >= 11 is 0. The second-order valence-electron chi connectivity index (χ2n) is 2.84. The molecule has 0 saturated carbocycles. The fraction of sp³-hybridized carbons (Fsp3) is 0.375. The summed E-state index contributed by atoms with van der Waals surface area (Å²) in [5.41, 5.74) is 0.306. The average Bonchev–Trinajstić information content (AvgIpc) is 2.26. The highest BCUT2D eigenvalue weighted by molar-refractivity contribution is 5.99. The van der Waals surface area contributed by atoms with Crippen LogP contribution in [0.25, 0.3) is 0 Å². The van der Waals surface area contributed by atoms with Crippen LogP contribution in [0, 0.1) is 6.92 Å². The lowest BCUT2D eigenvalue weighted by molar-refractivity contribution is -0.0890. The van der Waals surface area contributed by atoms with Gasteiger partial charge in [0.1, 0.15) is 0 Å². The molecule has 0 aromatic carbocycles. The SMILES string of the molecule is Cc1cc(C(=O)C(F)(F)F)n(C)c1. The van der Waals surface area contributed by atoms with Crippen molar-refractivity contribution in [1.82, 2.24) is 4.57 Å². The van der Waals surface area contributed by atoms with Crippen molar-refractivity contribution in [2.75, 3.05) is 0 Å². The Morgan fingerprint density at radius 2 is 2.00 bits per heavy atom. The van der Waals surface area contributed by atoms with Gasteiger partial charge in [-0.15, -0.1) is 0 Å². The van der Waals surface area contributed by atoms with Crippen LogP contribution in [0.2, 0.25) is 0 Å². The third-order valence-electron chi connectivity index (χ3n) is 1.63. The standard InChI is InChI=1S/C8H8F3NO/c1-5-3-6(12(2)4-5)7(13)8(9,10)11/h3-4H,1-2H3. The molecular weight excluding hydrogens is 183 g/mol. The van der Waals surface area contributed by atoms with E-state index in [0.29, 0.717) is 5.56 Å². The molecule has 72 valence electrons. The van der Waals surface area contributed by atoms with Gasteiger partial charge >= 0.3 is 6.18 Å². The Morgan fingerprint density at radius 1 is 1.46 bits per heavy atom. The summed E-state index contributed by atoms with van der Waals surface area (Å²) in [6.45, 7) is 1.63. The Hall–Kier alpha value is -1.26. The van der Waals surface area contributed by atoms with Crippen LogP contribution >= 0.6 is 0 Å².